The molecule has 2 aliphatic heterocycles. The van der Waals surface area contributed by atoms with Crippen molar-refractivity contribution in [3.63, 3.8) is 0 Å². The van der Waals surface area contributed by atoms with Crippen molar-refractivity contribution < 1.29 is 23.9 Å². The molecule has 2 aliphatic rings. The van der Waals surface area contributed by atoms with Crippen LogP contribution in [0.5, 0.6) is 11.5 Å². The number of amides is 4. The van der Waals surface area contributed by atoms with Crippen molar-refractivity contribution >= 4 is 29.4 Å². The highest BCUT2D eigenvalue weighted by molar-refractivity contribution is 6.31. The summed E-state index contributed by atoms with van der Waals surface area (Å²) in [6.45, 7) is 0.927. The lowest BCUT2D eigenvalue weighted by Crippen LogP contribution is -2.58. The first-order valence-electron chi connectivity index (χ1n) is 10.8. The first-order valence-corrected chi connectivity index (χ1v) is 11.1. The Morgan fingerprint density at radius 1 is 1.09 bits per heavy atom. The van der Waals surface area contributed by atoms with Crippen LogP contribution in [0.2, 0.25) is 5.02 Å². The Hall–Kier alpha value is -3.26. The number of carbonyl (C=O) groups is 3. The van der Waals surface area contributed by atoms with Gasteiger partial charge in [-0.25, -0.2) is 4.79 Å². The van der Waals surface area contributed by atoms with Crippen LogP contribution in [-0.2, 0) is 11.2 Å². The molecule has 1 atom stereocenters. The number of methoxy groups -OCH3 is 2. The zero-order chi connectivity index (χ0) is 23.6. The molecule has 33 heavy (non-hydrogen) atoms. The largest absolute Gasteiger partial charge is 0.493 e. The molecule has 2 saturated heterocycles. The van der Waals surface area contributed by atoms with Crippen LogP contribution < -0.4 is 20.1 Å². The van der Waals surface area contributed by atoms with Crippen molar-refractivity contribution in [1.82, 2.24) is 15.5 Å². The second kappa shape index (κ2) is 9.31. The normalized spacial score (nSPS) is 20.9. The van der Waals surface area contributed by atoms with Gasteiger partial charge in [0, 0.05) is 30.1 Å². The lowest BCUT2D eigenvalue weighted by Gasteiger charge is -2.41. The van der Waals surface area contributed by atoms with Gasteiger partial charge in [-0.3, -0.25) is 14.9 Å². The molecular formula is C24H26ClN3O5. The van der Waals surface area contributed by atoms with Crippen LogP contribution in [0.25, 0.3) is 0 Å². The number of piperidine rings is 1. The number of hydrogen-bond donors (Lipinski definition) is 2. The van der Waals surface area contributed by atoms with Crippen LogP contribution in [0.3, 0.4) is 0 Å². The van der Waals surface area contributed by atoms with E-state index in [4.69, 9.17) is 21.1 Å². The second-order valence-corrected chi connectivity index (χ2v) is 8.69. The van der Waals surface area contributed by atoms with Gasteiger partial charge in [0.25, 0.3) is 11.8 Å². The molecule has 2 N–H and O–H groups in total. The molecule has 4 rings (SSSR count). The van der Waals surface area contributed by atoms with Gasteiger partial charge in [0.05, 0.1) is 14.2 Å². The first-order chi connectivity index (χ1) is 15.9. The van der Waals surface area contributed by atoms with E-state index >= 15 is 0 Å². The van der Waals surface area contributed by atoms with Gasteiger partial charge >= 0.3 is 6.03 Å². The van der Waals surface area contributed by atoms with Crippen molar-refractivity contribution in [2.75, 3.05) is 27.3 Å². The van der Waals surface area contributed by atoms with E-state index in [9.17, 15) is 14.4 Å². The standard InChI is InChI=1S/C24H26ClN3O5/c1-32-19-8-7-15(13-20(19)33-2)21(29)28-11-9-17(10-12-28)24(22(30)26-23(31)27-24)14-16-5-3-4-6-18(16)25/h3-8,13,17H,9-12,14H2,1-2H3,(H2,26,27,30,31)/t24-/m0/s1. The summed E-state index contributed by atoms with van der Waals surface area (Å²) in [6.07, 6.45) is 1.42. The molecule has 0 saturated carbocycles. The molecule has 0 unspecified atom stereocenters. The molecule has 174 valence electrons. The van der Waals surface area contributed by atoms with Crippen LogP contribution >= 0.6 is 11.6 Å². The predicted molar refractivity (Wildman–Crippen MR) is 123 cm³/mol. The molecule has 2 heterocycles. The van der Waals surface area contributed by atoms with Gasteiger partial charge in [-0.15, -0.1) is 0 Å². The van der Waals surface area contributed by atoms with E-state index in [0.29, 0.717) is 54.4 Å². The second-order valence-electron chi connectivity index (χ2n) is 8.28. The van der Waals surface area contributed by atoms with Gasteiger partial charge in [0.15, 0.2) is 11.5 Å². The summed E-state index contributed by atoms with van der Waals surface area (Å²) in [5, 5.41) is 5.81. The number of likely N-dealkylation sites (tertiary alicyclic amines) is 1. The molecule has 0 aliphatic carbocycles. The van der Waals surface area contributed by atoms with Gasteiger partial charge in [-0.2, -0.15) is 0 Å². The molecule has 0 aromatic heterocycles. The number of nitrogens with one attached hydrogen (secondary N) is 2. The molecule has 4 amide bonds. The number of hydrogen-bond acceptors (Lipinski definition) is 5. The van der Waals surface area contributed by atoms with E-state index in [2.05, 4.69) is 10.6 Å². The van der Waals surface area contributed by atoms with Crippen LogP contribution in [0.4, 0.5) is 4.79 Å². The minimum atomic E-state index is -1.10. The topological polar surface area (TPSA) is 97.0 Å². The Labute approximate surface area is 197 Å². The zero-order valence-electron chi connectivity index (χ0n) is 18.5. The highest BCUT2D eigenvalue weighted by Crippen LogP contribution is 2.36. The number of imide groups is 1. The number of benzene rings is 2. The van der Waals surface area contributed by atoms with Gasteiger partial charge < -0.3 is 19.7 Å². The summed E-state index contributed by atoms with van der Waals surface area (Å²) in [5.74, 6) is 0.431. The third-order valence-electron chi connectivity index (χ3n) is 6.51. The van der Waals surface area contributed by atoms with E-state index in [0.717, 1.165) is 5.56 Å². The number of carbonyl (C=O) groups excluding carboxylic acids is 3. The van der Waals surface area contributed by atoms with Crippen molar-refractivity contribution in [3.8, 4) is 11.5 Å². The zero-order valence-corrected chi connectivity index (χ0v) is 19.3. The summed E-state index contributed by atoms with van der Waals surface area (Å²) >= 11 is 6.35. The third-order valence-corrected chi connectivity index (χ3v) is 6.87. The van der Waals surface area contributed by atoms with E-state index in [-0.39, 0.29) is 17.7 Å². The van der Waals surface area contributed by atoms with Crippen molar-refractivity contribution in [2.45, 2.75) is 24.8 Å². The molecule has 9 heteroatoms. The molecule has 0 spiro atoms. The number of nitrogens with zero attached hydrogens (tertiary/aromatic N) is 1. The lowest BCUT2D eigenvalue weighted by atomic mass is 9.74. The van der Waals surface area contributed by atoms with Gasteiger partial charge in [-0.1, -0.05) is 29.8 Å². The van der Waals surface area contributed by atoms with Crippen molar-refractivity contribution in [3.05, 3.63) is 58.6 Å². The van der Waals surface area contributed by atoms with Crippen molar-refractivity contribution in [1.29, 1.82) is 0 Å². The number of rotatable bonds is 6. The Kier molecular flexibility index (Phi) is 6.47. The summed E-state index contributed by atoms with van der Waals surface area (Å²) in [5.41, 5.74) is 0.199. The molecule has 2 aromatic rings. The Morgan fingerprint density at radius 3 is 2.39 bits per heavy atom. The fraction of sp³-hybridized carbons (Fsp3) is 0.375. The summed E-state index contributed by atoms with van der Waals surface area (Å²) < 4.78 is 10.6. The Balaban J connectivity index is 1.51. The minimum absolute atomic E-state index is 0.116. The van der Waals surface area contributed by atoms with Gasteiger partial charge in [-0.05, 0) is 48.6 Å². The maximum absolute atomic E-state index is 13.1. The lowest BCUT2D eigenvalue weighted by molar-refractivity contribution is -0.126. The van der Waals surface area contributed by atoms with Crippen LogP contribution in [0.1, 0.15) is 28.8 Å². The van der Waals surface area contributed by atoms with Gasteiger partial charge in [0.2, 0.25) is 0 Å². The predicted octanol–water partition coefficient (Wildman–Crippen LogP) is 3.03. The SMILES string of the molecule is COc1ccc(C(=O)N2CCC([C@]3(Cc4ccccc4Cl)NC(=O)NC3=O)CC2)cc1OC. The van der Waals surface area contributed by atoms with E-state index < -0.39 is 11.6 Å². The van der Waals surface area contributed by atoms with Crippen LogP contribution in [-0.4, -0.2) is 55.6 Å². The summed E-state index contributed by atoms with van der Waals surface area (Å²) in [7, 11) is 3.07. The number of halogens is 1. The summed E-state index contributed by atoms with van der Waals surface area (Å²) in [4.78, 5) is 39.9. The van der Waals surface area contributed by atoms with Crippen LogP contribution in [0.15, 0.2) is 42.5 Å². The maximum Gasteiger partial charge on any atom is 0.322 e. The molecule has 0 radical (unpaired) electrons. The molecule has 8 nitrogen and oxygen atoms in total. The third kappa shape index (κ3) is 4.35. The van der Waals surface area contributed by atoms with E-state index in [1.165, 1.54) is 7.11 Å². The number of urea groups is 1. The first kappa shape index (κ1) is 22.9. The molecule has 2 aromatic carbocycles. The summed E-state index contributed by atoms with van der Waals surface area (Å²) in [6, 6.07) is 11.9. The highest BCUT2D eigenvalue weighted by Gasteiger charge is 2.52. The Bertz CT molecular complexity index is 1080. The fourth-order valence-corrected chi connectivity index (χ4v) is 4.93. The monoisotopic (exact) mass is 471 g/mol. The van der Waals surface area contributed by atoms with Crippen LogP contribution in [0, 0.1) is 5.92 Å². The maximum atomic E-state index is 13.1. The molecule has 2 fully saturated rings. The quantitative estimate of drug-likeness (QED) is 0.631. The smallest absolute Gasteiger partial charge is 0.322 e. The van der Waals surface area contributed by atoms with Crippen molar-refractivity contribution in [2.24, 2.45) is 5.92 Å². The molecule has 0 bridgehead atoms. The fourth-order valence-electron chi connectivity index (χ4n) is 4.73. The minimum Gasteiger partial charge on any atom is -0.493 e. The van der Waals surface area contributed by atoms with E-state index in [1.807, 2.05) is 18.2 Å². The highest BCUT2D eigenvalue weighted by atomic mass is 35.5. The van der Waals surface area contributed by atoms with Gasteiger partial charge in [0.1, 0.15) is 5.54 Å². The number of ether oxygens (including phenoxy) is 2. The Morgan fingerprint density at radius 2 is 1.79 bits per heavy atom. The molecular weight excluding hydrogens is 446 g/mol. The van der Waals surface area contributed by atoms with E-state index in [1.54, 1.807) is 36.3 Å². The average molecular weight is 472 g/mol. The average Bonchev–Trinajstić information content (AvgIpc) is 3.13.